The van der Waals surface area contributed by atoms with Gasteiger partial charge in [-0.05, 0) is 51.0 Å². The van der Waals surface area contributed by atoms with Crippen molar-refractivity contribution in [2.75, 3.05) is 0 Å². The number of aliphatic hydroxyl groups is 1. The summed E-state index contributed by atoms with van der Waals surface area (Å²) in [5.41, 5.74) is 3.55. The highest BCUT2D eigenvalue weighted by atomic mass is 16.3. The van der Waals surface area contributed by atoms with Crippen molar-refractivity contribution in [3.8, 4) is 11.3 Å². The number of hydrogen-bond donors (Lipinski definition) is 2. The molecule has 1 unspecified atom stereocenters. The first-order valence-electron chi connectivity index (χ1n) is 9.82. The lowest BCUT2D eigenvalue weighted by Gasteiger charge is -2.32. The van der Waals surface area contributed by atoms with Gasteiger partial charge in [-0.25, -0.2) is 14.5 Å². The second kappa shape index (κ2) is 6.66. The lowest BCUT2D eigenvalue weighted by atomic mass is 9.89. The van der Waals surface area contributed by atoms with Gasteiger partial charge in [0, 0.05) is 29.4 Å². The van der Waals surface area contributed by atoms with Crippen molar-refractivity contribution in [1.82, 2.24) is 29.5 Å². The number of carbonyl (C=O) groups excluding carboxylic acids is 1. The third kappa shape index (κ3) is 2.87. The Morgan fingerprint density at radius 3 is 2.83 bits per heavy atom. The Balaban J connectivity index is 1.59. The number of fused-ring (bicyclic) bond motifs is 2. The molecular formula is C21H22N6O2. The minimum absolute atomic E-state index is 0.202. The molecule has 0 bridgehead atoms. The highest BCUT2D eigenvalue weighted by Gasteiger charge is 2.31. The summed E-state index contributed by atoms with van der Waals surface area (Å²) in [6.07, 6.45) is 6.38. The van der Waals surface area contributed by atoms with Crippen LogP contribution in [0.2, 0.25) is 0 Å². The van der Waals surface area contributed by atoms with Crippen LogP contribution in [-0.4, -0.2) is 47.3 Å². The van der Waals surface area contributed by atoms with E-state index in [1.54, 1.807) is 10.7 Å². The number of rotatable bonds is 4. The Morgan fingerprint density at radius 1 is 1.24 bits per heavy atom. The Hall–Kier alpha value is -3.26. The normalized spacial score (nSPS) is 19.0. The fourth-order valence-corrected chi connectivity index (χ4v) is 3.75. The lowest BCUT2D eigenvalue weighted by molar-refractivity contribution is 0.0445. The van der Waals surface area contributed by atoms with E-state index in [0.717, 1.165) is 28.7 Å². The number of aliphatic hydroxyl groups excluding tert-OH is 1. The number of pyridine rings is 1. The predicted molar refractivity (Wildman–Crippen MR) is 109 cm³/mol. The Bertz CT molecular complexity index is 1220. The van der Waals surface area contributed by atoms with Gasteiger partial charge in [-0.3, -0.25) is 4.79 Å². The number of imidazole rings is 1. The zero-order valence-electron chi connectivity index (χ0n) is 16.3. The van der Waals surface area contributed by atoms with Gasteiger partial charge in [0.1, 0.15) is 11.3 Å². The predicted octanol–water partition coefficient (Wildman–Crippen LogP) is 2.58. The number of carbonyl (C=O) groups is 1. The first-order valence-corrected chi connectivity index (χ1v) is 9.82. The van der Waals surface area contributed by atoms with E-state index < -0.39 is 6.10 Å². The SMILES string of the molecule is CC(C)n1cc(-c2ccc3ncc(C(=O)N[C@H]4CCC4O)n3n2)c2cccnc21. The van der Waals surface area contributed by atoms with Crippen molar-refractivity contribution >= 4 is 22.6 Å². The van der Waals surface area contributed by atoms with E-state index in [1.807, 2.05) is 24.3 Å². The molecule has 8 heteroatoms. The topological polar surface area (TPSA) is 97.3 Å². The fourth-order valence-electron chi connectivity index (χ4n) is 3.75. The van der Waals surface area contributed by atoms with Crippen LogP contribution in [0.4, 0.5) is 0 Å². The van der Waals surface area contributed by atoms with Crippen LogP contribution >= 0.6 is 0 Å². The van der Waals surface area contributed by atoms with Crippen LogP contribution in [0.15, 0.2) is 42.9 Å². The molecule has 29 heavy (non-hydrogen) atoms. The van der Waals surface area contributed by atoms with Crippen molar-refractivity contribution in [1.29, 1.82) is 0 Å². The minimum Gasteiger partial charge on any atom is -0.391 e. The van der Waals surface area contributed by atoms with Gasteiger partial charge < -0.3 is 15.0 Å². The molecule has 1 fully saturated rings. The van der Waals surface area contributed by atoms with E-state index >= 15 is 0 Å². The zero-order valence-corrected chi connectivity index (χ0v) is 16.3. The lowest BCUT2D eigenvalue weighted by Crippen LogP contribution is -2.50. The summed E-state index contributed by atoms with van der Waals surface area (Å²) in [6, 6.07) is 7.76. The molecule has 4 heterocycles. The number of aromatic nitrogens is 5. The van der Waals surface area contributed by atoms with Gasteiger partial charge in [-0.15, -0.1) is 0 Å². The maximum atomic E-state index is 12.7. The van der Waals surface area contributed by atoms with Crippen molar-refractivity contribution in [2.45, 2.75) is 44.9 Å². The molecule has 1 aliphatic rings. The molecule has 0 aromatic carbocycles. The Kier molecular flexibility index (Phi) is 4.09. The van der Waals surface area contributed by atoms with E-state index in [0.29, 0.717) is 17.8 Å². The molecule has 0 aliphatic heterocycles. The molecule has 8 nitrogen and oxygen atoms in total. The van der Waals surface area contributed by atoms with Gasteiger partial charge in [-0.2, -0.15) is 5.10 Å². The summed E-state index contributed by atoms with van der Waals surface area (Å²) in [6.45, 7) is 4.23. The third-order valence-corrected chi connectivity index (χ3v) is 5.57. The molecule has 1 saturated carbocycles. The molecule has 0 spiro atoms. The average molecular weight is 390 g/mol. The molecule has 0 saturated heterocycles. The molecule has 0 radical (unpaired) electrons. The van der Waals surface area contributed by atoms with E-state index in [9.17, 15) is 9.90 Å². The molecule has 1 aliphatic carbocycles. The van der Waals surface area contributed by atoms with Crippen molar-refractivity contribution < 1.29 is 9.90 Å². The average Bonchev–Trinajstić information content (AvgIpc) is 3.32. The van der Waals surface area contributed by atoms with Crippen LogP contribution in [0.1, 0.15) is 43.2 Å². The molecule has 148 valence electrons. The van der Waals surface area contributed by atoms with Gasteiger partial charge in [0.25, 0.3) is 5.91 Å². The van der Waals surface area contributed by atoms with Crippen LogP contribution in [0.25, 0.3) is 27.9 Å². The summed E-state index contributed by atoms with van der Waals surface area (Å²) in [5, 5.41) is 18.3. The summed E-state index contributed by atoms with van der Waals surface area (Å²) >= 11 is 0. The van der Waals surface area contributed by atoms with Crippen LogP contribution in [0, 0.1) is 0 Å². The van der Waals surface area contributed by atoms with Crippen LogP contribution in [0.5, 0.6) is 0 Å². The highest BCUT2D eigenvalue weighted by Crippen LogP contribution is 2.30. The van der Waals surface area contributed by atoms with E-state index in [-0.39, 0.29) is 18.0 Å². The van der Waals surface area contributed by atoms with Crippen LogP contribution in [-0.2, 0) is 0 Å². The van der Waals surface area contributed by atoms with Crippen LogP contribution < -0.4 is 5.32 Å². The second-order valence-electron chi connectivity index (χ2n) is 7.78. The van der Waals surface area contributed by atoms with E-state index in [1.165, 1.54) is 6.20 Å². The molecule has 1 amide bonds. The summed E-state index contributed by atoms with van der Waals surface area (Å²) < 4.78 is 3.68. The summed E-state index contributed by atoms with van der Waals surface area (Å²) in [7, 11) is 0. The monoisotopic (exact) mass is 390 g/mol. The van der Waals surface area contributed by atoms with Crippen molar-refractivity contribution in [3.63, 3.8) is 0 Å². The quantitative estimate of drug-likeness (QED) is 0.558. The summed E-state index contributed by atoms with van der Waals surface area (Å²) in [5.74, 6) is -0.280. The van der Waals surface area contributed by atoms with Gasteiger partial charge in [-0.1, -0.05) is 0 Å². The zero-order chi connectivity index (χ0) is 20.1. The molecule has 5 rings (SSSR count). The van der Waals surface area contributed by atoms with Crippen molar-refractivity contribution in [2.24, 2.45) is 0 Å². The number of nitrogens with one attached hydrogen (secondary N) is 1. The van der Waals surface area contributed by atoms with Crippen LogP contribution in [0.3, 0.4) is 0 Å². The summed E-state index contributed by atoms with van der Waals surface area (Å²) in [4.78, 5) is 21.5. The number of nitrogens with zero attached hydrogens (tertiary/aromatic N) is 5. The molecule has 2 N–H and O–H groups in total. The fraction of sp³-hybridized carbons (Fsp3) is 0.333. The second-order valence-corrected chi connectivity index (χ2v) is 7.78. The van der Waals surface area contributed by atoms with E-state index in [4.69, 9.17) is 5.10 Å². The maximum Gasteiger partial charge on any atom is 0.271 e. The first kappa shape index (κ1) is 17.8. The van der Waals surface area contributed by atoms with Gasteiger partial charge in [0.2, 0.25) is 0 Å². The number of amides is 1. The third-order valence-electron chi connectivity index (χ3n) is 5.57. The van der Waals surface area contributed by atoms with Gasteiger partial charge >= 0.3 is 0 Å². The standard InChI is InChI=1S/C21H22N6O2/c1-12(2)26-11-14(13-4-3-9-22-20(13)26)15-6-8-19-23-10-17(27(19)25-15)21(29)24-16-5-7-18(16)28/h3-4,6,8-12,16,18,28H,5,7H2,1-2H3,(H,24,29)/t16-,18?/m0/s1. The highest BCUT2D eigenvalue weighted by molar-refractivity contribution is 5.94. The molecule has 4 aromatic rings. The Morgan fingerprint density at radius 2 is 2.10 bits per heavy atom. The molecule has 2 atom stereocenters. The van der Waals surface area contributed by atoms with Gasteiger partial charge in [0.05, 0.1) is 24.0 Å². The Labute approximate surface area is 167 Å². The largest absolute Gasteiger partial charge is 0.391 e. The number of hydrogen-bond acceptors (Lipinski definition) is 5. The minimum atomic E-state index is -0.476. The smallest absolute Gasteiger partial charge is 0.271 e. The molecule has 4 aromatic heterocycles. The van der Waals surface area contributed by atoms with E-state index in [2.05, 4.69) is 39.9 Å². The molecular weight excluding hydrogens is 368 g/mol. The van der Waals surface area contributed by atoms with Crippen molar-refractivity contribution in [3.05, 3.63) is 48.5 Å². The maximum absolute atomic E-state index is 12.7. The van der Waals surface area contributed by atoms with Gasteiger partial charge in [0.15, 0.2) is 5.65 Å². The first-order chi connectivity index (χ1) is 14.0.